The topological polar surface area (TPSA) is 39.9 Å². The van der Waals surface area contributed by atoms with E-state index in [0.717, 1.165) is 27.5 Å². The average molecular weight is 643 g/mol. The molecule has 0 N–H and O–H groups in total. The van der Waals surface area contributed by atoms with Gasteiger partial charge in [0.15, 0.2) is 0 Å². The van der Waals surface area contributed by atoms with Crippen LogP contribution in [-0.4, -0.2) is 35.4 Å². The first kappa shape index (κ1) is 24.4. The maximum Gasteiger partial charge on any atom is 1.00 e. The third-order valence-electron chi connectivity index (χ3n) is 5.87. The number of hydrogen-bond acceptors (Lipinski definition) is 3. The molecule has 3 aromatic carbocycles. The molecule has 0 amide bonds. The fraction of sp³-hybridized carbons (Fsp3) is 0.250. The normalized spacial score (nSPS) is 12.4. The molecule has 161 valence electrons. The molecular formula is C24H28N3OsP2S+2. The Bertz CT molecular complexity index is 1360. The van der Waals surface area contributed by atoms with Crippen LogP contribution in [0, 0.1) is 0 Å². The summed E-state index contributed by atoms with van der Waals surface area (Å²) in [6.07, 6.45) is 0. The molecule has 0 saturated heterocycles. The van der Waals surface area contributed by atoms with Crippen LogP contribution in [0.3, 0.4) is 0 Å². The SMILES string of the molecule is C/C(=C(\C)[PH+](C)C)[PH+](C)C.[Os+].c1ccc2c(c1)[n-]c1c3nsnc3c3ccccc3c21. The predicted octanol–water partition coefficient (Wildman–Crippen LogP) is 7.29. The largest absolute Gasteiger partial charge is 1.00 e. The summed E-state index contributed by atoms with van der Waals surface area (Å²) in [7, 11) is -0.302. The molecule has 0 unspecified atom stereocenters. The molecule has 1 radical (unpaired) electrons. The summed E-state index contributed by atoms with van der Waals surface area (Å²) in [5.74, 6) is 0. The summed E-state index contributed by atoms with van der Waals surface area (Å²) in [5.41, 5.74) is 3.86. The van der Waals surface area contributed by atoms with Gasteiger partial charge in [0, 0.05) is 21.2 Å². The van der Waals surface area contributed by atoms with Crippen molar-refractivity contribution in [3.63, 3.8) is 0 Å². The molecule has 0 aliphatic heterocycles. The van der Waals surface area contributed by atoms with Gasteiger partial charge in [0.05, 0.1) is 43.9 Å². The summed E-state index contributed by atoms with van der Waals surface area (Å²) in [4.78, 5) is 4.77. The maximum absolute atomic E-state index is 4.77. The Hall–Kier alpha value is -1.22. The Labute approximate surface area is 203 Å². The molecule has 0 aliphatic rings. The van der Waals surface area contributed by atoms with E-state index in [4.69, 9.17) is 4.98 Å². The van der Waals surface area contributed by atoms with Gasteiger partial charge in [-0.2, -0.15) is 8.75 Å². The minimum atomic E-state index is -0.151. The monoisotopic (exact) mass is 644 g/mol. The van der Waals surface area contributed by atoms with Gasteiger partial charge in [-0.25, -0.2) is 0 Å². The molecule has 0 spiro atoms. The van der Waals surface area contributed by atoms with Crippen LogP contribution in [0.25, 0.3) is 43.6 Å². The van der Waals surface area contributed by atoms with Crippen molar-refractivity contribution >= 4 is 71.2 Å². The van der Waals surface area contributed by atoms with Crippen molar-refractivity contribution in [3.8, 4) is 0 Å². The second kappa shape index (κ2) is 10.1. The van der Waals surface area contributed by atoms with Gasteiger partial charge in [-0.3, -0.25) is 0 Å². The van der Waals surface area contributed by atoms with Crippen LogP contribution < -0.4 is 4.98 Å². The predicted molar refractivity (Wildman–Crippen MR) is 142 cm³/mol. The molecule has 2 aromatic heterocycles. The van der Waals surface area contributed by atoms with E-state index in [-0.39, 0.29) is 35.6 Å². The number of nitrogens with zero attached hydrogens (tertiary/aromatic N) is 3. The third kappa shape index (κ3) is 4.63. The van der Waals surface area contributed by atoms with Gasteiger partial charge in [-0.1, -0.05) is 54.0 Å². The zero-order valence-electron chi connectivity index (χ0n) is 18.7. The van der Waals surface area contributed by atoms with Crippen molar-refractivity contribution in [1.29, 1.82) is 0 Å². The number of rotatable bonds is 2. The molecule has 5 rings (SSSR count). The summed E-state index contributed by atoms with van der Waals surface area (Å²) in [5, 5.41) is 8.14. The first-order chi connectivity index (χ1) is 14.4. The Morgan fingerprint density at radius 1 is 0.742 bits per heavy atom. The van der Waals surface area contributed by atoms with Gasteiger partial charge in [0.2, 0.25) is 0 Å². The first-order valence-corrected chi connectivity index (χ1v) is 15.9. The average Bonchev–Trinajstić information content (AvgIpc) is 3.38. The second-order valence-electron chi connectivity index (χ2n) is 8.11. The van der Waals surface area contributed by atoms with Crippen LogP contribution in [0.2, 0.25) is 0 Å². The van der Waals surface area contributed by atoms with Gasteiger partial charge < -0.3 is 4.98 Å². The fourth-order valence-corrected chi connectivity index (χ4v) is 7.27. The number of aromatic nitrogens is 3. The van der Waals surface area contributed by atoms with Crippen molar-refractivity contribution in [1.82, 2.24) is 13.7 Å². The van der Waals surface area contributed by atoms with Crippen molar-refractivity contribution in [2.75, 3.05) is 26.7 Å². The van der Waals surface area contributed by atoms with Crippen molar-refractivity contribution < 1.29 is 19.8 Å². The molecule has 0 fully saturated rings. The van der Waals surface area contributed by atoms with Crippen LogP contribution in [0.1, 0.15) is 13.8 Å². The van der Waals surface area contributed by atoms with E-state index in [1.165, 1.54) is 27.9 Å². The molecule has 3 nitrogen and oxygen atoms in total. The fourth-order valence-electron chi connectivity index (χ4n) is 3.71. The quantitative estimate of drug-likeness (QED) is 0.190. The molecule has 0 saturated carbocycles. The van der Waals surface area contributed by atoms with E-state index in [0.29, 0.717) is 0 Å². The second-order valence-corrected chi connectivity index (χ2v) is 14.1. The molecule has 2 heterocycles. The van der Waals surface area contributed by atoms with Crippen molar-refractivity contribution in [2.24, 2.45) is 0 Å². The van der Waals surface area contributed by atoms with E-state index in [1.54, 1.807) is 10.6 Å². The standard InChI is InChI=1S/C16H8N3S.C8H18P2.Os/c1-2-6-10-9(5-1)13-11-7-3-4-8-12(11)17-15(13)16-14(10)18-20-19-16;1-7(9(3)4)8(2)10(5)6;/h1-8H;1-6H3;/q-1;;+1/p+2/b;8-7-;. The molecule has 0 atom stereocenters. The Morgan fingerprint density at radius 2 is 1.26 bits per heavy atom. The number of hydrogen-bond donors (Lipinski definition) is 0. The van der Waals surface area contributed by atoms with E-state index in [2.05, 4.69) is 85.7 Å². The van der Waals surface area contributed by atoms with Gasteiger partial charge in [-0.05, 0) is 30.0 Å². The molecule has 0 bridgehead atoms. The number of fused-ring (bicyclic) bond motifs is 8. The van der Waals surface area contributed by atoms with Crippen LogP contribution >= 0.6 is 27.6 Å². The van der Waals surface area contributed by atoms with Crippen LogP contribution in [0.4, 0.5) is 0 Å². The molecular weight excluding hydrogens is 615 g/mol. The minimum absolute atomic E-state index is 0. The minimum Gasteiger partial charge on any atom is -0.655 e. The molecule has 0 aliphatic carbocycles. The Kier molecular flexibility index (Phi) is 7.99. The molecule has 7 heteroatoms. The summed E-state index contributed by atoms with van der Waals surface area (Å²) in [6.45, 7) is 14.1. The summed E-state index contributed by atoms with van der Waals surface area (Å²) < 4.78 is 8.92. The number of para-hydroxylation sites is 1. The zero-order valence-corrected chi connectivity index (χ0v) is 24.1. The van der Waals surface area contributed by atoms with Crippen molar-refractivity contribution in [3.05, 3.63) is 59.2 Å². The van der Waals surface area contributed by atoms with E-state index >= 15 is 0 Å². The summed E-state index contributed by atoms with van der Waals surface area (Å²) >= 11 is 1.25. The third-order valence-corrected chi connectivity index (χ3v) is 10.4. The maximum atomic E-state index is 4.77. The van der Waals surface area contributed by atoms with E-state index in [1.807, 2.05) is 12.1 Å². The van der Waals surface area contributed by atoms with Gasteiger partial charge in [0.25, 0.3) is 0 Å². The number of allylic oxidation sites excluding steroid dienone is 2. The summed E-state index contributed by atoms with van der Waals surface area (Å²) in [6, 6.07) is 16.6. The first-order valence-electron chi connectivity index (χ1n) is 10.2. The Balaban J connectivity index is 0.000000215. The number of benzene rings is 3. The smallest absolute Gasteiger partial charge is 0.655 e. The Morgan fingerprint density at radius 3 is 1.87 bits per heavy atom. The van der Waals surface area contributed by atoms with Crippen LogP contribution in [-0.2, 0) is 19.8 Å². The zero-order chi connectivity index (χ0) is 21.4. The van der Waals surface area contributed by atoms with Crippen LogP contribution in [0.15, 0.2) is 59.2 Å². The van der Waals surface area contributed by atoms with E-state index in [9.17, 15) is 0 Å². The van der Waals surface area contributed by atoms with E-state index < -0.39 is 0 Å². The molecule has 31 heavy (non-hydrogen) atoms. The molecule has 5 aromatic rings. The van der Waals surface area contributed by atoms with Gasteiger partial charge >= 0.3 is 19.8 Å². The van der Waals surface area contributed by atoms with Gasteiger partial charge in [0.1, 0.15) is 16.1 Å². The van der Waals surface area contributed by atoms with Gasteiger partial charge in [-0.15, -0.1) is 5.52 Å². The van der Waals surface area contributed by atoms with Crippen LogP contribution in [0.5, 0.6) is 0 Å². The van der Waals surface area contributed by atoms with Crippen molar-refractivity contribution in [2.45, 2.75) is 13.8 Å².